The van der Waals surface area contributed by atoms with Gasteiger partial charge in [-0.05, 0) is 18.2 Å². The highest BCUT2D eigenvalue weighted by Crippen LogP contribution is 2.25. The summed E-state index contributed by atoms with van der Waals surface area (Å²) in [5.74, 6) is 1.42. The second-order valence-electron chi connectivity index (χ2n) is 5.40. The Morgan fingerprint density at radius 3 is 2.88 bits per heavy atom. The fourth-order valence-electron chi connectivity index (χ4n) is 2.52. The fraction of sp³-hybridized carbons (Fsp3) is 0.188. The molecule has 0 amide bonds. The Morgan fingerprint density at radius 2 is 2.12 bits per heavy atom. The lowest BCUT2D eigenvalue weighted by molar-refractivity contribution is 0.278. The molecular weight excluding hydrogens is 322 g/mol. The van der Waals surface area contributed by atoms with Gasteiger partial charge in [-0.1, -0.05) is 11.2 Å². The SMILES string of the molecule is Cc1nc(COc2nc(N)nc3ccn(Cc4ccccn4)c23)no1. The van der Waals surface area contributed by atoms with Gasteiger partial charge in [0.05, 0.1) is 17.8 Å². The number of nitrogens with zero attached hydrogens (tertiary/aromatic N) is 6. The van der Waals surface area contributed by atoms with Gasteiger partial charge < -0.3 is 19.6 Å². The Bertz CT molecular complexity index is 1010. The second-order valence-corrected chi connectivity index (χ2v) is 5.40. The van der Waals surface area contributed by atoms with Gasteiger partial charge in [0.2, 0.25) is 23.5 Å². The van der Waals surface area contributed by atoms with Gasteiger partial charge in [0, 0.05) is 19.3 Å². The van der Waals surface area contributed by atoms with Gasteiger partial charge in [-0.3, -0.25) is 4.98 Å². The summed E-state index contributed by atoms with van der Waals surface area (Å²) in [6.45, 7) is 2.41. The third kappa shape index (κ3) is 3.11. The van der Waals surface area contributed by atoms with Gasteiger partial charge in [-0.15, -0.1) is 0 Å². The van der Waals surface area contributed by atoms with E-state index in [1.54, 1.807) is 13.1 Å². The fourth-order valence-corrected chi connectivity index (χ4v) is 2.52. The minimum absolute atomic E-state index is 0.123. The molecule has 0 saturated heterocycles. The van der Waals surface area contributed by atoms with Gasteiger partial charge in [0.25, 0.3) is 0 Å². The van der Waals surface area contributed by atoms with E-state index in [2.05, 4.69) is 25.1 Å². The molecule has 25 heavy (non-hydrogen) atoms. The number of hydrogen-bond acceptors (Lipinski definition) is 8. The monoisotopic (exact) mass is 337 g/mol. The lowest BCUT2D eigenvalue weighted by atomic mass is 10.3. The van der Waals surface area contributed by atoms with Crippen molar-refractivity contribution in [2.75, 3.05) is 5.73 Å². The molecule has 0 spiro atoms. The van der Waals surface area contributed by atoms with E-state index in [0.717, 1.165) is 11.2 Å². The van der Waals surface area contributed by atoms with Crippen LogP contribution in [0.4, 0.5) is 5.95 Å². The average Bonchev–Trinajstić information content (AvgIpc) is 3.20. The molecule has 9 nitrogen and oxygen atoms in total. The zero-order chi connectivity index (χ0) is 17.2. The number of pyridine rings is 1. The first kappa shape index (κ1) is 15.1. The highest BCUT2D eigenvalue weighted by Gasteiger charge is 2.14. The Kier molecular flexibility index (Phi) is 3.73. The lowest BCUT2D eigenvalue weighted by Crippen LogP contribution is -2.06. The van der Waals surface area contributed by atoms with Crippen LogP contribution in [-0.4, -0.2) is 29.7 Å². The molecular formula is C16H15N7O2. The molecule has 0 aliphatic heterocycles. The third-order valence-corrected chi connectivity index (χ3v) is 3.56. The van der Waals surface area contributed by atoms with E-state index in [4.69, 9.17) is 15.0 Å². The Balaban J connectivity index is 1.68. The van der Waals surface area contributed by atoms with Crippen LogP contribution in [0.25, 0.3) is 11.0 Å². The van der Waals surface area contributed by atoms with E-state index in [0.29, 0.717) is 29.7 Å². The zero-order valence-corrected chi connectivity index (χ0v) is 13.5. The van der Waals surface area contributed by atoms with Crippen molar-refractivity contribution in [3.05, 3.63) is 54.1 Å². The van der Waals surface area contributed by atoms with E-state index in [1.165, 1.54) is 0 Å². The van der Waals surface area contributed by atoms with E-state index < -0.39 is 0 Å². The minimum atomic E-state index is 0.123. The normalized spacial score (nSPS) is 11.1. The average molecular weight is 337 g/mol. The summed E-state index contributed by atoms with van der Waals surface area (Å²) in [7, 11) is 0. The minimum Gasteiger partial charge on any atom is -0.468 e. The predicted octanol–water partition coefficient (Wildman–Crippen LogP) is 1.73. The largest absolute Gasteiger partial charge is 0.468 e. The molecule has 4 heterocycles. The van der Waals surface area contributed by atoms with Crippen molar-refractivity contribution in [2.45, 2.75) is 20.1 Å². The van der Waals surface area contributed by atoms with Crippen molar-refractivity contribution < 1.29 is 9.26 Å². The summed E-state index contributed by atoms with van der Waals surface area (Å²) in [5.41, 5.74) is 8.13. The number of hydrogen-bond donors (Lipinski definition) is 1. The predicted molar refractivity (Wildman–Crippen MR) is 88.6 cm³/mol. The Morgan fingerprint density at radius 1 is 1.20 bits per heavy atom. The van der Waals surface area contributed by atoms with E-state index in [-0.39, 0.29) is 12.6 Å². The van der Waals surface area contributed by atoms with Crippen LogP contribution in [0, 0.1) is 6.92 Å². The van der Waals surface area contributed by atoms with Crippen molar-refractivity contribution in [3.8, 4) is 5.88 Å². The van der Waals surface area contributed by atoms with Crippen molar-refractivity contribution in [3.63, 3.8) is 0 Å². The first-order valence-electron chi connectivity index (χ1n) is 7.63. The van der Waals surface area contributed by atoms with E-state index in [9.17, 15) is 0 Å². The number of rotatable bonds is 5. The van der Waals surface area contributed by atoms with Gasteiger partial charge in [-0.2, -0.15) is 9.97 Å². The first-order valence-corrected chi connectivity index (χ1v) is 7.63. The van der Waals surface area contributed by atoms with Crippen molar-refractivity contribution >= 4 is 17.0 Å². The maximum absolute atomic E-state index is 5.79. The van der Waals surface area contributed by atoms with E-state index >= 15 is 0 Å². The summed E-state index contributed by atoms with van der Waals surface area (Å²) >= 11 is 0. The van der Waals surface area contributed by atoms with Crippen molar-refractivity contribution in [2.24, 2.45) is 0 Å². The first-order chi connectivity index (χ1) is 12.2. The molecule has 0 radical (unpaired) electrons. The molecule has 126 valence electrons. The molecule has 0 bridgehead atoms. The molecule has 4 aromatic heterocycles. The molecule has 9 heteroatoms. The lowest BCUT2D eigenvalue weighted by Gasteiger charge is -2.09. The second kappa shape index (κ2) is 6.19. The topological polar surface area (TPSA) is 118 Å². The summed E-state index contributed by atoms with van der Waals surface area (Å²) in [6, 6.07) is 7.63. The quantitative estimate of drug-likeness (QED) is 0.585. The molecule has 4 aromatic rings. The van der Waals surface area contributed by atoms with Crippen LogP contribution in [0.5, 0.6) is 5.88 Å². The molecule has 4 rings (SSSR count). The number of aryl methyl sites for hydroxylation is 1. The maximum Gasteiger partial charge on any atom is 0.244 e. The standard InChI is InChI=1S/C16H15N7O2/c1-10-19-13(22-25-10)9-24-15-14-12(20-16(17)21-15)5-7-23(14)8-11-4-2-3-6-18-11/h2-7H,8-9H2,1H3,(H2,17,20,21). The summed E-state index contributed by atoms with van der Waals surface area (Å²) in [5, 5.41) is 3.81. The number of aromatic nitrogens is 6. The van der Waals surface area contributed by atoms with Crippen LogP contribution < -0.4 is 10.5 Å². The number of anilines is 1. The van der Waals surface area contributed by atoms with Gasteiger partial charge in [0.15, 0.2) is 6.61 Å². The Hall–Kier alpha value is -3.49. The highest BCUT2D eigenvalue weighted by molar-refractivity contribution is 5.81. The van der Waals surface area contributed by atoms with Crippen LogP contribution >= 0.6 is 0 Å². The molecule has 0 fully saturated rings. The van der Waals surface area contributed by atoms with Gasteiger partial charge >= 0.3 is 0 Å². The molecule has 0 saturated carbocycles. The molecule has 0 unspecified atom stereocenters. The van der Waals surface area contributed by atoms with E-state index in [1.807, 2.05) is 35.0 Å². The molecule has 2 N–H and O–H groups in total. The van der Waals surface area contributed by atoms with Crippen LogP contribution in [0.1, 0.15) is 17.4 Å². The Labute approximate surface area is 142 Å². The van der Waals surface area contributed by atoms with Crippen LogP contribution in [0.3, 0.4) is 0 Å². The van der Waals surface area contributed by atoms with Crippen LogP contribution in [0.15, 0.2) is 41.2 Å². The molecule has 0 aliphatic carbocycles. The number of ether oxygens (including phenoxy) is 1. The summed E-state index contributed by atoms with van der Waals surface area (Å²) in [4.78, 5) is 16.9. The molecule has 0 aromatic carbocycles. The smallest absolute Gasteiger partial charge is 0.244 e. The number of nitrogens with two attached hydrogens (primary N) is 1. The van der Waals surface area contributed by atoms with Crippen molar-refractivity contribution in [1.29, 1.82) is 0 Å². The third-order valence-electron chi connectivity index (χ3n) is 3.56. The van der Waals surface area contributed by atoms with Gasteiger partial charge in [-0.25, -0.2) is 4.98 Å². The highest BCUT2D eigenvalue weighted by atomic mass is 16.5. The summed E-state index contributed by atoms with van der Waals surface area (Å²) < 4.78 is 12.7. The maximum atomic E-state index is 5.79. The van der Waals surface area contributed by atoms with Crippen molar-refractivity contribution in [1.82, 2.24) is 29.7 Å². The molecule has 0 aliphatic rings. The zero-order valence-electron chi connectivity index (χ0n) is 13.5. The number of fused-ring (bicyclic) bond motifs is 1. The summed E-state index contributed by atoms with van der Waals surface area (Å²) in [6.07, 6.45) is 3.66. The van der Waals surface area contributed by atoms with Crippen LogP contribution in [-0.2, 0) is 13.2 Å². The molecule has 0 atom stereocenters. The van der Waals surface area contributed by atoms with Gasteiger partial charge in [0.1, 0.15) is 5.52 Å². The number of nitrogen functional groups attached to an aromatic ring is 1. The van der Waals surface area contributed by atoms with Crippen LogP contribution in [0.2, 0.25) is 0 Å².